The second-order valence-electron chi connectivity index (χ2n) is 7.13. The van der Waals surface area contributed by atoms with Gasteiger partial charge >= 0.3 is 5.97 Å². The highest BCUT2D eigenvalue weighted by molar-refractivity contribution is 7.89. The van der Waals surface area contributed by atoms with Crippen molar-refractivity contribution in [3.8, 4) is 0 Å². The number of amides is 1. The van der Waals surface area contributed by atoms with E-state index in [1.807, 2.05) is 0 Å². The molecule has 1 amide bonds. The van der Waals surface area contributed by atoms with E-state index < -0.39 is 27.3 Å². The maximum atomic E-state index is 12.4. The van der Waals surface area contributed by atoms with Crippen LogP contribution in [-0.4, -0.2) is 38.0 Å². The molecule has 0 saturated heterocycles. The zero-order valence-corrected chi connectivity index (χ0v) is 15.9. The third-order valence-electron chi connectivity index (χ3n) is 4.65. The Morgan fingerprint density at radius 2 is 1.85 bits per heavy atom. The largest absolute Gasteiger partial charge is 0.481 e. The number of hydrogen-bond acceptors (Lipinski definition) is 4. The summed E-state index contributed by atoms with van der Waals surface area (Å²) in [6.45, 7) is 3.47. The van der Waals surface area contributed by atoms with Crippen molar-refractivity contribution in [2.45, 2.75) is 56.9 Å². The van der Waals surface area contributed by atoms with Crippen LogP contribution in [-0.2, 0) is 14.8 Å². The molecule has 0 aliphatic heterocycles. The van der Waals surface area contributed by atoms with Gasteiger partial charge in [0.25, 0.3) is 5.91 Å². The van der Waals surface area contributed by atoms with Crippen LogP contribution in [0.15, 0.2) is 29.2 Å². The molecule has 1 saturated carbocycles. The van der Waals surface area contributed by atoms with Crippen molar-refractivity contribution < 1.29 is 23.1 Å². The molecule has 0 spiro atoms. The number of aliphatic carboxylic acids is 1. The number of hydrogen-bond donors (Lipinski definition) is 3. The molecule has 2 rings (SSSR count). The molecule has 7 nitrogen and oxygen atoms in total. The van der Waals surface area contributed by atoms with Gasteiger partial charge < -0.3 is 10.4 Å². The molecule has 0 unspecified atom stereocenters. The first-order valence-corrected chi connectivity index (χ1v) is 10.3. The minimum absolute atomic E-state index is 0.00413. The first kappa shape index (κ1) is 20.4. The lowest BCUT2D eigenvalue weighted by Gasteiger charge is -2.33. The van der Waals surface area contributed by atoms with E-state index in [9.17, 15) is 23.1 Å². The number of carbonyl (C=O) groups excluding carboxylic acids is 1. The lowest BCUT2D eigenvalue weighted by atomic mass is 9.74. The first-order valence-electron chi connectivity index (χ1n) is 8.80. The summed E-state index contributed by atoms with van der Waals surface area (Å²) in [6.07, 6.45) is 3.74. The van der Waals surface area contributed by atoms with Gasteiger partial charge in [-0.2, -0.15) is 0 Å². The van der Waals surface area contributed by atoms with Gasteiger partial charge in [-0.05, 0) is 44.9 Å². The van der Waals surface area contributed by atoms with Crippen molar-refractivity contribution >= 4 is 21.9 Å². The van der Waals surface area contributed by atoms with Crippen LogP contribution in [0, 0.1) is 5.41 Å². The van der Waals surface area contributed by atoms with Crippen LogP contribution >= 0.6 is 0 Å². The average Bonchev–Trinajstić information content (AvgIpc) is 2.59. The van der Waals surface area contributed by atoms with E-state index in [-0.39, 0.29) is 23.0 Å². The number of carbonyl (C=O) groups is 2. The Hall–Kier alpha value is -1.93. The summed E-state index contributed by atoms with van der Waals surface area (Å²) in [5.41, 5.74) is -0.746. The van der Waals surface area contributed by atoms with Crippen LogP contribution in [0.1, 0.15) is 56.3 Å². The third kappa shape index (κ3) is 4.82. The molecule has 1 aromatic carbocycles. The molecule has 0 atom stereocenters. The maximum Gasteiger partial charge on any atom is 0.311 e. The van der Waals surface area contributed by atoms with Crippen LogP contribution < -0.4 is 10.0 Å². The summed E-state index contributed by atoms with van der Waals surface area (Å²) >= 11 is 0. The van der Waals surface area contributed by atoms with Gasteiger partial charge in [-0.3, -0.25) is 9.59 Å². The second-order valence-corrected chi connectivity index (χ2v) is 8.85. The Labute approximate surface area is 154 Å². The van der Waals surface area contributed by atoms with Crippen molar-refractivity contribution in [3.05, 3.63) is 29.8 Å². The highest BCUT2D eigenvalue weighted by Crippen LogP contribution is 2.36. The molecule has 0 aromatic heterocycles. The van der Waals surface area contributed by atoms with Gasteiger partial charge in [0.05, 0.1) is 10.3 Å². The molecule has 0 bridgehead atoms. The zero-order valence-electron chi connectivity index (χ0n) is 15.1. The fourth-order valence-corrected chi connectivity index (χ4v) is 4.53. The Balaban J connectivity index is 2.13. The van der Waals surface area contributed by atoms with Crippen molar-refractivity contribution in [2.75, 3.05) is 6.54 Å². The zero-order chi connectivity index (χ0) is 19.4. The van der Waals surface area contributed by atoms with Crippen LogP contribution in [0.3, 0.4) is 0 Å². The topological polar surface area (TPSA) is 113 Å². The molecule has 3 N–H and O–H groups in total. The summed E-state index contributed by atoms with van der Waals surface area (Å²) in [5, 5.41) is 12.2. The van der Waals surface area contributed by atoms with Crippen LogP contribution in [0.25, 0.3) is 0 Å². The molecule has 144 valence electrons. The molecule has 8 heteroatoms. The number of nitrogens with one attached hydrogen (secondary N) is 2. The standard InChI is InChI=1S/C18H26N2O5S/c1-13(2)20-26(24,25)15-8-6-7-14(11-15)16(21)19-12-18(17(22)23)9-4-3-5-10-18/h6-8,11,13,20H,3-5,9-10,12H2,1-2H3,(H,19,21)(H,22,23). The Kier molecular flexibility index (Phi) is 6.41. The summed E-state index contributed by atoms with van der Waals surface area (Å²) in [4.78, 5) is 24.1. The van der Waals surface area contributed by atoms with E-state index in [2.05, 4.69) is 10.0 Å². The van der Waals surface area contributed by atoms with Crippen molar-refractivity contribution in [1.82, 2.24) is 10.0 Å². The Morgan fingerprint density at radius 1 is 1.19 bits per heavy atom. The Morgan fingerprint density at radius 3 is 2.42 bits per heavy atom. The summed E-state index contributed by atoms with van der Waals surface area (Å²) in [6, 6.07) is 5.46. The van der Waals surface area contributed by atoms with E-state index in [1.165, 1.54) is 24.3 Å². The van der Waals surface area contributed by atoms with E-state index in [1.54, 1.807) is 13.8 Å². The fourth-order valence-electron chi connectivity index (χ4n) is 3.23. The summed E-state index contributed by atoms with van der Waals surface area (Å²) < 4.78 is 27.0. The lowest BCUT2D eigenvalue weighted by Crippen LogP contribution is -2.44. The predicted molar refractivity (Wildman–Crippen MR) is 97.4 cm³/mol. The first-order chi connectivity index (χ1) is 12.2. The second kappa shape index (κ2) is 8.18. The van der Waals surface area contributed by atoms with Crippen LogP contribution in [0.2, 0.25) is 0 Å². The number of benzene rings is 1. The lowest BCUT2D eigenvalue weighted by molar-refractivity contribution is -0.150. The van der Waals surface area contributed by atoms with Crippen molar-refractivity contribution in [1.29, 1.82) is 0 Å². The van der Waals surface area contributed by atoms with Gasteiger partial charge in [0.1, 0.15) is 0 Å². The fraction of sp³-hybridized carbons (Fsp3) is 0.556. The summed E-state index contributed by atoms with van der Waals surface area (Å²) in [5.74, 6) is -1.37. The van der Waals surface area contributed by atoms with Gasteiger partial charge in [0.2, 0.25) is 10.0 Å². The number of rotatable bonds is 7. The highest BCUT2D eigenvalue weighted by Gasteiger charge is 2.39. The summed E-state index contributed by atoms with van der Waals surface area (Å²) in [7, 11) is -3.70. The smallest absolute Gasteiger partial charge is 0.311 e. The monoisotopic (exact) mass is 382 g/mol. The van der Waals surface area contributed by atoms with Crippen molar-refractivity contribution in [3.63, 3.8) is 0 Å². The molecule has 1 aromatic rings. The van der Waals surface area contributed by atoms with E-state index in [0.717, 1.165) is 19.3 Å². The molecule has 1 aliphatic carbocycles. The van der Waals surface area contributed by atoms with Gasteiger partial charge in [0.15, 0.2) is 0 Å². The van der Waals surface area contributed by atoms with E-state index >= 15 is 0 Å². The molecule has 26 heavy (non-hydrogen) atoms. The minimum atomic E-state index is -3.70. The van der Waals surface area contributed by atoms with Crippen molar-refractivity contribution in [2.24, 2.45) is 5.41 Å². The molecule has 1 aliphatic rings. The van der Waals surface area contributed by atoms with Gasteiger partial charge in [0, 0.05) is 18.2 Å². The molecule has 1 fully saturated rings. The van der Waals surface area contributed by atoms with E-state index in [0.29, 0.717) is 12.8 Å². The third-order valence-corrected chi connectivity index (χ3v) is 6.31. The van der Waals surface area contributed by atoms with Gasteiger partial charge in [-0.25, -0.2) is 13.1 Å². The highest BCUT2D eigenvalue weighted by atomic mass is 32.2. The normalized spacial score (nSPS) is 17.0. The van der Waals surface area contributed by atoms with Gasteiger partial charge in [-0.15, -0.1) is 0 Å². The quantitative estimate of drug-likeness (QED) is 0.669. The maximum absolute atomic E-state index is 12.4. The van der Waals surface area contributed by atoms with Crippen LogP contribution in [0.4, 0.5) is 0 Å². The molecule has 0 heterocycles. The molecular formula is C18H26N2O5S. The van der Waals surface area contributed by atoms with Crippen LogP contribution in [0.5, 0.6) is 0 Å². The number of carboxylic acid groups (broad SMARTS) is 1. The SMILES string of the molecule is CC(C)NS(=O)(=O)c1cccc(C(=O)NCC2(C(=O)O)CCCCC2)c1. The minimum Gasteiger partial charge on any atom is -0.481 e. The molecule has 0 radical (unpaired) electrons. The number of sulfonamides is 1. The molecular weight excluding hydrogens is 356 g/mol. The van der Waals surface area contributed by atoms with Gasteiger partial charge in [-0.1, -0.05) is 25.3 Å². The van der Waals surface area contributed by atoms with E-state index in [4.69, 9.17) is 0 Å². The Bertz CT molecular complexity index is 768. The number of carboxylic acids is 1. The average molecular weight is 382 g/mol. The predicted octanol–water partition coefficient (Wildman–Crippen LogP) is 2.14.